The quantitative estimate of drug-likeness (QED) is 0.161. The topological polar surface area (TPSA) is 3.24 Å². The largest absolute Gasteiger partial charge is 0.311 e. The molecule has 0 spiro atoms. The SMILES string of the molecule is CC1(C)c2ccccc2-c2ccc(C3(c4ccc(N(c5ccccc5)c5ccc(-c6ccc7ccccc7c6)cc5)cc4)c4ccccc4-c4c3ccc3c4sc4ccccc43)cc21. The van der Waals surface area contributed by atoms with Crippen molar-refractivity contribution in [2.45, 2.75) is 24.7 Å². The minimum absolute atomic E-state index is 0.136. The van der Waals surface area contributed by atoms with E-state index in [1.165, 1.54) is 97.7 Å². The molecule has 0 bridgehead atoms. The molecule has 0 fully saturated rings. The van der Waals surface area contributed by atoms with Crippen LogP contribution in [0.5, 0.6) is 0 Å². The van der Waals surface area contributed by atoms with Gasteiger partial charge in [0.25, 0.3) is 0 Å². The fraction of sp³-hybridized carbons (Fsp3) is 0.0645. The van der Waals surface area contributed by atoms with Crippen molar-refractivity contribution in [3.05, 3.63) is 258 Å². The third kappa shape index (κ3) is 5.30. The van der Waals surface area contributed by atoms with Crippen LogP contribution in [-0.4, -0.2) is 0 Å². The molecule has 1 atom stereocenters. The molecular formula is C62H43NS. The Labute approximate surface area is 378 Å². The molecular weight excluding hydrogens is 791 g/mol. The molecule has 64 heavy (non-hydrogen) atoms. The van der Waals surface area contributed by atoms with Gasteiger partial charge in [0.05, 0.1) is 5.41 Å². The highest BCUT2D eigenvalue weighted by Crippen LogP contribution is 2.61. The number of para-hydroxylation sites is 1. The fourth-order valence-electron chi connectivity index (χ4n) is 11.3. The Morgan fingerprint density at radius 3 is 1.80 bits per heavy atom. The molecule has 0 radical (unpaired) electrons. The third-order valence-electron chi connectivity index (χ3n) is 14.3. The summed E-state index contributed by atoms with van der Waals surface area (Å²) in [5, 5.41) is 5.16. The van der Waals surface area contributed by atoms with Gasteiger partial charge in [0.1, 0.15) is 0 Å². The Hall–Kier alpha value is -7.52. The molecule has 0 saturated heterocycles. The zero-order valence-corrected chi connectivity index (χ0v) is 36.5. The van der Waals surface area contributed by atoms with Crippen LogP contribution in [0, 0.1) is 0 Å². The number of benzene rings is 10. The molecule has 0 aliphatic heterocycles. The van der Waals surface area contributed by atoms with Crippen molar-refractivity contribution < 1.29 is 0 Å². The number of thiophene rings is 1. The first-order valence-corrected chi connectivity index (χ1v) is 23.1. The van der Waals surface area contributed by atoms with E-state index in [1.54, 1.807) is 0 Å². The highest BCUT2D eigenvalue weighted by molar-refractivity contribution is 7.26. The predicted octanol–water partition coefficient (Wildman–Crippen LogP) is 17.0. The normalized spacial score (nSPS) is 15.5. The van der Waals surface area contributed by atoms with Crippen LogP contribution in [0.2, 0.25) is 0 Å². The second kappa shape index (κ2) is 14.0. The maximum atomic E-state index is 2.55. The Kier molecular flexibility index (Phi) is 8.11. The number of anilines is 3. The van der Waals surface area contributed by atoms with Gasteiger partial charge in [-0.15, -0.1) is 11.3 Å². The van der Waals surface area contributed by atoms with Crippen molar-refractivity contribution in [1.82, 2.24) is 0 Å². The number of fused-ring (bicyclic) bond motifs is 11. The molecule has 10 aromatic carbocycles. The van der Waals surface area contributed by atoms with E-state index in [-0.39, 0.29) is 5.41 Å². The number of hydrogen-bond donors (Lipinski definition) is 0. The molecule has 1 heterocycles. The minimum Gasteiger partial charge on any atom is -0.311 e. The maximum absolute atomic E-state index is 2.55. The molecule has 0 N–H and O–H groups in total. The molecule has 2 aliphatic rings. The average molecular weight is 834 g/mol. The molecule has 11 aromatic rings. The lowest BCUT2D eigenvalue weighted by Crippen LogP contribution is -2.29. The van der Waals surface area contributed by atoms with Gasteiger partial charge in [0.15, 0.2) is 0 Å². The predicted molar refractivity (Wildman–Crippen MR) is 272 cm³/mol. The van der Waals surface area contributed by atoms with Gasteiger partial charge in [-0.2, -0.15) is 0 Å². The molecule has 13 rings (SSSR count). The summed E-state index contributed by atoms with van der Waals surface area (Å²) in [7, 11) is 0. The highest BCUT2D eigenvalue weighted by atomic mass is 32.1. The van der Waals surface area contributed by atoms with Gasteiger partial charge in [-0.05, 0) is 121 Å². The molecule has 1 nitrogen and oxygen atoms in total. The highest BCUT2D eigenvalue weighted by Gasteiger charge is 2.48. The monoisotopic (exact) mass is 833 g/mol. The molecule has 302 valence electrons. The van der Waals surface area contributed by atoms with Crippen LogP contribution in [0.25, 0.3) is 64.3 Å². The Balaban J connectivity index is 1.00. The van der Waals surface area contributed by atoms with Gasteiger partial charge in [-0.3, -0.25) is 0 Å². The molecule has 2 aliphatic carbocycles. The van der Waals surface area contributed by atoms with Crippen LogP contribution in [0.3, 0.4) is 0 Å². The van der Waals surface area contributed by atoms with Crippen molar-refractivity contribution >= 4 is 59.3 Å². The molecule has 0 amide bonds. The smallest absolute Gasteiger partial charge is 0.0714 e. The minimum atomic E-state index is -0.562. The van der Waals surface area contributed by atoms with E-state index in [1.807, 2.05) is 11.3 Å². The zero-order valence-electron chi connectivity index (χ0n) is 35.7. The van der Waals surface area contributed by atoms with Crippen molar-refractivity contribution in [2.75, 3.05) is 4.90 Å². The van der Waals surface area contributed by atoms with Gasteiger partial charge in [-0.1, -0.05) is 190 Å². The van der Waals surface area contributed by atoms with Gasteiger partial charge >= 0.3 is 0 Å². The second-order valence-corrected chi connectivity index (χ2v) is 19.1. The lowest BCUT2D eigenvalue weighted by molar-refractivity contribution is 0.655. The molecule has 0 saturated carbocycles. The van der Waals surface area contributed by atoms with Crippen LogP contribution in [-0.2, 0) is 10.8 Å². The van der Waals surface area contributed by atoms with Gasteiger partial charge in [0, 0.05) is 48.2 Å². The van der Waals surface area contributed by atoms with Crippen molar-refractivity contribution in [1.29, 1.82) is 0 Å². The first kappa shape index (κ1) is 37.1. The summed E-state index contributed by atoms with van der Waals surface area (Å²) in [5.74, 6) is 0. The van der Waals surface area contributed by atoms with E-state index < -0.39 is 5.41 Å². The molecule has 1 aromatic heterocycles. The van der Waals surface area contributed by atoms with Crippen LogP contribution < -0.4 is 4.90 Å². The van der Waals surface area contributed by atoms with Gasteiger partial charge < -0.3 is 4.90 Å². The summed E-state index contributed by atoms with van der Waals surface area (Å²) < 4.78 is 2.69. The number of hydrogen-bond acceptors (Lipinski definition) is 2. The Bertz CT molecular complexity index is 3630. The Morgan fingerprint density at radius 1 is 0.375 bits per heavy atom. The number of nitrogens with zero attached hydrogens (tertiary/aromatic N) is 1. The first-order chi connectivity index (χ1) is 31.5. The molecule has 1 unspecified atom stereocenters. The van der Waals surface area contributed by atoms with Crippen LogP contribution in [0.4, 0.5) is 17.1 Å². The second-order valence-electron chi connectivity index (χ2n) is 18.0. The summed E-state index contributed by atoms with van der Waals surface area (Å²) >= 11 is 1.93. The van der Waals surface area contributed by atoms with Crippen LogP contribution >= 0.6 is 11.3 Å². The Morgan fingerprint density at radius 2 is 0.984 bits per heavy atom. The van der Waals surface area contributed by atoms with Gasteiger partial charge in [0.2, 0.25) is 0 Å². The van der Waals surface area contributed by atoms with E-state index in [4.69, 9.17) is 0 Å². The van der Waals surface area contributed by atoms with E-state index in [2.05, 4.69) is 243 Å². The summed E-state index contributed by atoms with van der Waals surface area (Å²) in [6.45, 7) is 4.79. The van der Waals surface area contributed by atoms with Crippen molar-refractivity contribution in [3.8, 4) is 33.4 Å². The number of rotatable bonds is 6. The summed E-state index contributed by atoms with van der Waals surface area (Å²) in [6, 6.07) is 83.9. The van der Waals surface area contributed by atoms with Crippen molar-refractivity contribution in [3.63, 3.8) is 0 Å². The van der Waals surface area contributed by atoms with Crippen LogP contribution in [0.1, 0.15) is 47.2 Å². The van der Waals surface area contributed by atoms with E-state index >= 15 is 0 Å². The van der Waals surface area contributed by atoms with Crippen molar-refractivity contribution in [2.24, 2.45) is 0 Å². The summed E-state index contributed by atoms with van der Waals surface area (Å²) in [5.41, 5.74) is 18.4. The van der Waals surface area contributed by atoms with Crippen LogP contribution in [0.15, 0.2) is 224 Å². The van der Waals surface area contributed by atoms with E-state index in [0.29, 0.717) is 0 Å². The van der Waals surface area contributed by atoms with Gasteiger partial charge in [-0.25, -0.2) is 0 Å². The summed E-state index contributed by atoms with van der Waals surface area (Å²) in [4.78, 5) is 2.38. The lowest BCUT2D eigenvalue weighted by atomic mass is 9.66. The molecule has 2 heteroatoms. The maximum Gasteiger partial charge on any atom is 0.0714 e. The average Bonchev–Trinajstić information content (AvgIpc) is 3.96. The summed E-state index contributed by atoms with van der Waals surface area (Å²) in [6.07, 6.45) is 0. The lowest BCUT2D eigenvalue weighted by Gasteiger charge is -2.35. The third-order valence-corrected chi connectivity index (χ3v) is 15.6. The first-order valence-electron chi connectivity index (χ1n) is 22.3. The fourth-order valence-corrected chi connectivity index (χ4v) is 12.6. The standard InChI is InChI=1S/C62H43NS/c1-61(2)54-21-11-8-18-49(54)50-35-30-45(39-57(50)61)62(55-22-12-9-20-53(55)59-56(62)37-36-52-51-19-10-13-23-58(51)64-60(52)59)44-28-33-48(34-29-44)63(46-16-4-3-5-17-46)47-31-26-41(27-32-47)43-25-24-40-14-6-7-15-42(40)38-43/h3-39H,1-2H3. The van der Waals surface area contributed by atoms with E-state index in [0.717, 1.165) is 17.1 Å². The zero-order chi connectivity index (χ0) is 42.6. The van der Waals surface area contributed by atoms with E-state index in [9.17, 15) is 0 Å².